The molecule has 3 N–H and O–H groups in total. The molecule has 0 fully saturated rings. The fourth-order valence-electron chi connectivity index (χ4n) is 1.87. The van der Waals surface area contributed by atoms with Crippen molar-refractivity contribution in [1.29, 1.82) is 0 Å². The number of rotatable bonds is 5. The summed E-state index contributed by atoms with van der Waals surface area (Å²) in [6, 6.07) is 10.1. The Labute approximate surface area is 131 Å². The van der Waals surface area contributed by atoms with Crippen LogP contribution in [0.1, 0.15) is 17.3 Å². The molecule has 0 atom stereocenters. The van der Waals surface area contributed by atoms with Crippen LogP contribution < -0.4 is 15.8 Å². The summed E-state index contributed by atoms with van der Waals surface area (Å²) in [5.41, 5.74) is 5.08. The van der Waals surface area contributed by atoms with E-state index < -0.39 is 16.5 Å². The average Bonchev–Trinajstić information content (AvgIpc) is 2.48. The molecule has 8 heteroatoms. The summed E-state index contributed by atoms with van der Waals surface area (Å²) < 4.78 is 5.53. The van der Waals surface area contributed by atoms with Crippen molar-refractivity contribution < 1.29 is 19.2 Å². The lowest BCUT2D eigenvalue weighted by molar-refractivity contribution is -0.385. The Bertz CT molecular complexity index is 788. The molecule has 2 amide bonds. The average molecular weight is 315 g/mol. The first-order valence-corrected chi connectivity index (χ1v) is 6.51. The maximum absolute atomic E-state index is 11.2. The Balaban J connectivity index is 2.42. The van der Waals surface area contributed by atoms with E-state index in [1.165, 1.54) is 19.1 Å². The van der Waals surface area contributed by atoms with Crippen LogP contribution in [0.25, 0.3) is 0 Å². The second-order valence-corrected chi connectivity index (χ2v) is 4.58. The van der Waals surface area contributed by atoms with Gasteiger partial charge in [-0.2, -0.15) is 0 Å². The van der Waals surface area contributed by atoms with Gasteiger partial charge in [-0.25, -0.2) is 0 Å². The second kappa shape index (κ2) is 6.56. The Morgan fingerprint density at radius 3 is 2.48 bits per heavy atom. The fourth-order valence-corrected chi connectivity index (χ4v) is 1.87. The van der Waals surface area contributed by atoms with E-state index in [-0.39, 0.29) is 23.0 Å². The molecule has 0 aromatic heterocycles. The quantitative estimate of drug-likeness (QED) is 0.647. The van der Waals surface area contributed by atoms with Gasteiger partial charge in [-0.1, -0.05) is 12.1 Å². The van der Waals surface area contributed by atoms with E-state index in [1.54, 1.807) is 24.3 Å². The molecule has 118 valence electrons. The number of carbonyl (C=O) groups is 2. The molecule has 0 aliphatic rings. The van der Waals surface area contributed by atoms with Crippen molar-refractivity contribution in [1.82, 2.24) is 0 Å². The molecule has 2 aromatic rings. The first-order valence-electron chi connectivity index (χ1n) is 6.51. The zero-order chi connectivity index (χ0) is 17.0. The molecule has 0 radical (unpaired) electrons. The summed E-state index contributed by atoms with van der Waals surface area (Å²) in [5.74, 6) is -0.923. The monoisotopic (exact) mass is 315 g/mol. The minimum absolute atomic E-state index is 0.000744. The number of nitrogens with two attached hydrogens (primary N) is 1. The normalized spacial score (nSPS) is 9.96. The minimum Gasteiger partial charge on any atom is -0.448 e. The first-order chi connectivity index (χ1) is 10.9. The number of amides is 2. The Morgan fingerprint density at radius 2 is 1.87 bits per heavy atom. The van der Waals surface area contributed by atoms with E-state index in [1.807, 2.05) is 0 Å². The van der Waals surface area contributed by atoms with E-state index in [2.05, 4.69) is 5.32 Å². The molecule has 2 aromatic carbocycles. The number of hydrogen-bond donors (Lipinski definition) is 2. The molecule has 0 unspecified atom stereocenters. The van der Waals surface area contributed by atoms with Crippen LogP contribution in [-0.4, -0.2) is 16.7 Å². The summed E-state index contributed by atoms with van der Waals surface area (Å²) in [7, 11) is 0. The highest BCUT2D eigenvalue weighted by molar-refractivity contribution is 5.94. The van der Waals surface area contributed by atoms with Crippen LogP contribution in [-0.2, 0) is 4.79 Å². The minimum atomic E-state index is -0.779. The number of nitrogens with zero attached hydrogens (tertiary/aromatic N) is 1. The highest BCUT2D eigenvalue weighted by atomic mass is 16.6. The van der Waals surface area contributed by atoms with Crippen LogP contribution in [0.3, 0.4) is 0 Å². The largest absolute Gasteiger partial charge is 0.448 e. The molecule has 0 aliphatic carbocycles. The van der Waals surface area contributed by atoms with Gasteiger partial charge in [0, 0.05) is 18.6 Å². The molecule has 0 saturated heterocycles. The zero-order valence-corrected chi connectivity index (χ0v) is 12.1. The van der Waals surface area contributed by atoms with E-state index >= 15 is 0 Å². The number of benzene rings is 2. The van der Waals surface area contributed by atoms with Crippen LogP contribution in [0.2, 0.25) is 0 Å². The van der Waals surface area contributed by atoms with Crippen molar-refractivity contribution >= 4 is 23.2 Å². The molecule has 0 spiro atoms. The van der Waals surface area contributed by atoms with Crippen LogP contribution in [0.15, 0.2) is 42.5 Å². The van der Waals surface area contributed by atoms with E-state index in [4.69, 9.17) is 10.5 Å². The van der Waals surface area contributed by atoms with Gasteiger partial charge >= 0.3 is 5.69 Å². The van der Waals surface area contributed by atoms with E-state index in [9.17, 15) is 19.7 Å². The summed E-state index contributed by atoms with van der Waals surface area (Å²) in [5, 5.41) is 13.7. The number of nitro groups is 1. The number of nitrogens with one attached hydrogen (secondary N) is 1. The number of carbonyl (C=O) groups excluding carboxylic acids is 2. The number of anilines is 1. The van der Waals surface area contributed by atoms with Crippen LogP contribution in [0.4, 0.5) is 11.4 Å². The molecular weight excluding hydrogens is 302 g/mol. The van der Waals surface area contributed by atoms with Crippen molar-refractivity contribution in [2.75, 3.05) is 5.32 Å². The van der Waals surface area contributed by atoms with Gasteiger partial charge in [0.2, 0.25) is 17.6 Å². The van der Waals surface area contributed by atoms with E-state index in [0.717, 1.165) is 6.07 Å². The first kappa shape index (κ1) is 16.0. The van der Waals surface area contributed by atoms with Crippen molar-refractivity contribution in [3.05, 3.63) is 58.1 Å². The predicted octanol–water partition coefficient (Wildman–Crippen LogP) is 2.44. The molecule has 8 nitrogen and oxygen atoms in total. The standard InChI is InChI=1S/C15H13N3O5/c1-9(19)17-11-4-2-3-5-13(11)23-14-7-6-10(15(16)20)8-12(14)18(21)22/h2-8H,1H3,(H2,16,20)(H,17,19). The second-order valence-electron chi connectivity index (χ2n) is 4.58. The van der Waals surface area contributed by atoms with Gasteiger partial charge in [0.25, 0.3) is 0 Å². The maximum atomic E-state index is 11.2. The number of primary amides is 1. The lowest BCUT2D eigenvalue weighted by atomic mass is 10.2. The van der Waals surface area contributed by atoms with Crippen molar-refractivity contribution in [2.45, 2.75) is 6.92 Å². The van der Waals surface area contributed by atoms with Gasteiger partial charge < -0.3 is 15.8 Å². The Kier molecular flexibility index (Phi) is 4.55. The van der Waals surface area contributed by atoms with Crippen molar-refractivity contribution in [3.63, 3.8) is 0 Å². The van der Waals surface area contributed by atoms with Crippen molar-refractivity contribution in [2.24, 2.45) is 5.73 Å². The van der Waals surface area contributed by atoms with Gasteiger partial charge in [-0.05, 0) is 24.3 Å². The molecular formula is C15H13N3O5. The summed E-state index contributed by atoms with van der Waals surface area (Å²) >= 11 is 0. The number of hydrogen-bond acceptors (Lipinski definition) is 5. The van der Waals surface area contributed by atoms with Gasteiger partial charge in [-0.15, -0.1) is 0 Å². The number of nitro benzene ring substituents is 1. The SMILES string of the molecule is CC(=O)Nc1ccccc1Oc1ccc(C(N)=O)cc1[N+](=O)[O-]. The third kappa shape index (κ3) is 3.82. The van der Waals surface area contributed by atoms with Crippen LogP contribution >= 0.6 is 0 Å². The smallest absolute Gasteiger partial charge is 0.312 e. The Hall–Kier alpha value is -3.42. The lowest BCUT2D eigenvalue weighted by Gasteiger charge is -2.11. The van der Waals surface area contributed by atoms with E-state index in [0.29, 0.717) is 5.69 Å². The third-order valence-corrected chi connectivity index (χ3v) is 2.86. The lowest BCUT2D eigenvalue weighted by Crippen LogP contribution is -2.11. The maximum Gasteiger partial charge on any atom is 0.312 e. The van der Waals surface area contributed by atoms with Gasteiger partial charge in [-0.3, -0.25) is 19.7 Å². The molecule has 0 bridgehead atoms. The summed E-state index contributed by atoms with van der Waals surface area (Å²) in [4.78, 5) is 32.8. The van der Waals surface area contributed by atoms with Crippen molar-refractivity contribution in [3.8, 4) is 11.5 Å². The van der Waals surface area contributed by atoms with Gasteiger partial charge in [0.05, 0.1) is 10.6 Å². The molecule has 0 aliphatic heterocycles. The number of ether oxygens (including phenoxy) is 1. The topological polar surface area (TPSA) is 125 Å². The third-order valence-electron chi connectivity index (χ3n) is 2.86. The summed E-state index contributed by atoms with van der Waals surface area (Å²) in [6.45, 7) is 1.33. The highest BCUT2D eigenvalue weighted by Gasteiger charge is 2.19. The zero-order valence-electron chi connectivity index (χ0n) is 12.1. The number of para-hydroxylation sites is 2. The van der Waals surface area contributed by atoms with Crippen LogP contribution in [0, 0.1) is 10.1 Å². The fraction of sp³-hybridized carbons (Fsp3) is 0.0667. The molecule has 23 heavy (non-hydrogen) atoms. The van der Waals surface area contributed by atoms with Crippen LogP contribution in [0.5, 0.6) is 11.5 Å². The Morgan fingerprint density at radius 1 is 1.17 bits per heavy atom. The van der Waals surface area contributed by atoms with Gasteiger partial charge in [0.15, 0.2) is 5.75 Å². The summed E-state index contributed by atoms with van der Waals surface area (Å²) in [6.07, 6.45) is 0. The molecule has 0 saturated carbocycles. The molecule has 0 heterocycles. The predicted molar refractivity (Wildman–Crippen MR) is 82.4 cm³/mol. The molecule has 2 rings (SSSR count). The van der Waals surface area contributed by atoms with Gasteiger partial charge in [0.1, 0.15) is 0 Å². The highest BCUT2D eigenvalue weighted by Crippen LogP contribution is 2.35.